The summed E-state index contributed by atoms with van der Waals surface area (Å²) in [6, 6.07) is 70.9. The molecule has 0 amide bonds. The molecule has 0 fully saturated rings. The number of para-hydroxylation sites is 3. The number of fused-ring (bicyclic) bond motifs is 3. The summed E-state index contributed by atoms with van der Waals surface area (Å²) in [5.74, 6) is 4.42. The van der Waals surface area contributed by atoms with Crippen molar-refractivity contribution < 1.29 is 4.74 Å². The third-order valence-corrected chi connectivity index (χ3v) is 10.8. The van der Waals surface area contributed by atoms with E-state index >= 15 is 0 Å². The molecular formula is C54H35N7O. The van der Waals surface area contributed by atoms with E-state index in [1.165, 1.54) is 0 Å². The van der Waals surface area contributed by atoms with Gasteiger partial charge in [-0.1, -0.05) is 176 Å². The van der Waals surface area contributed by atoms with Crippen molar-refractivity contribution in [3.8, 4) is 85.5 Å². The van der Waals surface area contributed by atoms with Crippen LogP contribution in [-0.2, 0) is 0 Å². The van der Waals surface area contributed by atoms with Gasteiger partial charge in [0.1, 0.15) is 11.5 Å². The molecule has 8 nitrogen and oxygen atoms in total. The first-order valence-corrected chi connectivity index (χ1v) is 20.4. The summed E-state index contributed by atoms with van der Waals surface area (Å²) in [5, 5.41) is 2.24. The van der Waals surface area contributed by atoms with Crippen LogP contribution < -0.4 is 4.74 Å². The highest BCUT2D eigenvalue weighted by atomic mass is 16.5. The maximum Gasteiger partial charge on any atom is 0.238 e. The zero-order valence-corrected chi connectivity index (χ0v) is 33.2. The van der Waals surface area contributed by atoms with E-state index in [0.717, 1.165) is 55.2 Å². The fourth-order valence-corrected chi connectivity index (χ4v) is 7.80. The standard InChI is InChI=1S/C54H35N7O/c1-4-17-36(18-5-1)37-31-33-40(34-32-37)50-55-49(38-19-6-2-7-20-38)56-52(57-50)41-23-16-24-42(35-41)62-48-30-15-12-27-45(48)53-58-51(39-21-8-3-9-22-39)59-54(60-53)61-46-28-13-10-25-43(46)44-26-11-14-29-47(44)61/h1-35H. The van der Waals surface area contributed by atoms with Gasteiger partial charge in [-0.15, -0.1) is 0 Å². The zero-order chi connectivity index (χ0) is 41.2. The number of hydrogen-bond donors (Lipinski definition) is 0. The Bertz CT molecular complexity index is 3320. The molecule has 0 aliphatic rings. The van der Waals surface area contributed by atoms with Crippen LogP contribution in [0.1, 0.15) is 0 Å². The Balaban J connectivity index is 0.991. The molecule has 0 unspecified atom stereocenters. The maximum atomic E-state index is 6.75. The minimum absolute atomic E-state index is 0.482. The van der Waals surface area contributed by atoms with E-state index in [0.29, 0.717) is 52.1 Å². The first kappa shape index (κ1) is 36.5. The Hall–Kier alpha value is -8.62. The number of nitrogens with zero attached hydrogens (tertiary/aromatic N) is 7. The summed E-state index contributed by atoms with van der Waals surface area (Å²) >= 11 is 0. The van der Waals surface area contributed by atoms with Crippen LogP contribution in [0.15, 0.2) is 212 Å². The predicted octanol–water partition coefficient (Wildman–Crippen LogP) is 12.9. The summed E-state index contributed by atoms with van der Waals surface area (Å²) in [4.78, 5) is 30.3. The van der Waals surface area contributed by atoms with E-state index in [4.69, 9.17) is 34.6 Å². The number of hydrogen-bond acceptors (Lipinski definition) is 7. The van der Waals surface area contributed by atoms with Gasteiger partial charge in [0.2, 0.25) is 5.95 Å². The average Bonchev–Trinajstić information content (AvgIpc) is 3.69. The van der Waals surface area contributed by atoms with Gasteiger partial charge in [0.05, 0.1) is 16.6 Å². The molecule has 8 heteroatoms. The van der Waals surface area contributed by atoms with E-state index in [9.17, 15) is 0 Å². The van der Waals surface area contributed by atoms with Gasteiger partial charge in [-0.05, 0) is 47.5 Å². The molecule has 3 heterocycles. The van der Waals surface area contributed by atoms with Gasteiger partial charge in [-0.3, -0.25) is 4.57 Å². The lowest BCUT2D eigenvalue weighted by Crippen LogP contribution is -2.06. The fourth-order valence-electron chi connectivity index (χ4n) is 7.80. The first-order chi connectivity index (χ1) is 30.7. The average molecular weight is 798 g/mol. The van der Waals surface area contributed by atoms with Crippen molar-refractivity contribution in [3.05, 3.63) is 212 Å². The van der Waals surface area contributed by atoms with E-state index in [1.807, 2.05) is 140 Å². The van der Waals surface area contributed by atoms with E-state index in [1.54, 1.807) is 0 Å². The third kappa shape index (κ3) is 7.01. The molecule has 11 rings (SSSR count). The second-order valence-corrected chi connectivity index (χ2v) is 14.8. The molecule has 0 radical (unpaired) electrons. The van der Waals surface area contributed by atoms with Gasteiger partial charge in [-0.2, -0.15) is 9.97 Å². The van der Waals surface area contributed by atoms with Crippen LogP contribution in [0.5, 0.6) is 11.5 Å². The molecule has 8 aromatic carbocycles. The summed E-state index contributed by atoms with van der Waals surface area (Å²) in [7, 11) is 0. The normalized spacial score (nSPS) is 11.2. The van der Waals surface area contributed by atoms with Crippen LogP contribution >= 0.6 is 0 Å². The summed E-state index contributed by atoms with van der Waals surface area (Å²) < 4.78 is 8.86. The topological polar surface area (TPSA) is 91.5 Å². The van der Waals surface area contributed by atoms with Crippen molar-refractivity contribution >= 4 is 21.8 Å². The molecule has 11 aromatic rings. The number of benzene rings is 8. The molecule has 0 spiro atoms. The fraction of sp³-hybridized carbons (Fsp3) is 0. The maximum absolute atomic E-state index is 6.75. The predicted molar refractivity (Wildman–Crippen MR) is 247 cm³/mol. The van der Waals surface area contributed by atoms with Crippen LogP contribution in [0.2, 0.25) is 0 Å². The Kier molecular flexibility index (Phi) is 9.33. The molecular weight excluding hydrogens is 763 g/mol. The molecule has 292 valence electrons. The largest absolute Gasteiger partial charge is 0.457 e. The molecule has 3 aromatic heterocycles. The van der Waals surface area contributed by atoms with Gasteiger partial charge in [0.25, 0.3) is 0 Å². The van der Waals surface area contributed by atoms with Gasteiger partial charge in [0.15, 0.2) is 29.1 Å². The minimum atomic E-state index is 0.482. The van der Waals surface area contributed by atoms with Gasteiger partial charge in [-0.25, -0.2) is 19.9 Å². The Morgan fingerprint density at radius 3 is 1.35 bits per heavy atom. The summed E-state index contributed by atoms with van der Waals surface area (Å²) in [5.41, 5.74) is 8.44. The molecule has 0 N–H and O–H groups in total. The summed E-state index contributed by atoms with van der Waals surface area (Å²) in [6.07, 6.45) is 0. The van der Waals surface area contributed by atoms with Crippen molar-refractivity contribution in [3.63, 3.8) is 0 Å². The second kappa shape index (κ2) is 15.9. The first-order valence-electron chi connectivity index (χ1n) is 20.4. The lowest BCUT2D eigenvalue weighted by molar-refractivity contribution is 0.484. The van der Waals surface area contributed by atoms with Crippen LogP contribution in [0.3, 0.4) is 0 Å². The van der Waals surface area contributed by atoms with Crippen molar-refractivity contribution in [1.29, 1.82) is 0 Å². The van der Waals surface area contributed by atoms with Crippen molar-refractivity contribution in [2.24, 2.45) is 0 Å². The lowest BCUT2D eigenvalue weighted by Gasteiger charge is -2.14. The second-order valence-electron chi connectivity index (χ2n) is 14.8. The highest BCUT2D eigenvalue weighted by molar-refractivity contribution is 6.09. The zero-order valence-electron chi connectivity index (χ0n) is 33.2. The highest BCUT2D eigenvalue weighted by Crippen LogP contribution is 2.36. The van der Waals surface area contributed by atoms with E-state index < -0.39 is 0 Å². The SMILES string of the molecule is c1ccc(-c2ccc(-c3nc(-c4ccccc4)nc(-c4cccc(Oc5ccccc5-c5nc(-c6ccccc6)nc(-n6c7ccccc7c7ccccc76)n5)c4)n3)cc2)cc1. The summed E-state index contributed by atoms with van der Waals surface area (Å²) in [6.45, 7) is 0. The van der Waals surface area contributed by atoms with Crippen LogP contribution in [0.4, 0.5) is 0 Å². The molecule has 0 aliphatic heterocycles. The molecule has 0 saturated carbocycles. The van der Waals surface area contributed by atoms with Crippen molar-refractivity contribution in [1.82, 2.24) is 34.5 Å². The number of ether oxygens (including phenoxy) is 1. The van der Waals surface area contributed by atoms with Gasteiger partial charge < -0.3 is 4.74 Å². The highest BCUT2D eigenvalue weighted by Gasteiger charge is 2.20. The quantitative estimate of drug-likeness (QED) is 0.144. The Labute approximate surface area is 357 Å². The molecule has 0 bridgehead atoms. The van der Waals surface area contributed by atoms with Gasteiger partial charge in [0, 0.05) is 33.0 Å². The van der Waals surface area contributed by atoms with E-state index in [-0.39, 0.29) is 0 Å². The molecule has 62 heavy (non-hydrogen) atoms. The van der Waals surface area contributed by atoms with Crippen LogP contribution in [-0.4, -0.2) is 34.5 Å². The van der Waals surface area contributed by atoms with Crippen molar-refractivity contribution in [2.45, 2.75) is 0 Å². The number of aromatic nitrogens is 7. The van der Waals surface area contributed by atoms with Crippen molar-refractivity contribution in [2.75, 3.05) is 0 Å². The molecule has 0 aliphatic carbocycles. The van der Waals surface area contributed by atoms with Crippen LogP contribution in [0.25, 0.3) is 95.8 Å². The Morgan fingerprint density at radius 2 is 0.726 bits per heavy atom. The number of rotatable bonds is 9. The molecule has 0 saturated heterocycles. The smallest absolute Gasteiger partial charge is 0.238 e. The van der Waals surface area contributed by atoms with Crippen LogP contribution in [0, 0.1) is 0 Å². The monoisotopic (exact) mass is 797 g/mol. The Morgan fingerprint density at radius 1 is 0.306 bits per heavy atom. The minimum Gasteiger partial charge on any atom is -0.457 e. The lowest BCUT2D eigenvalue weighted by atomic mass is 10.0. The third-order valence-electron chi connectivity index (χ3n) is 10.8. The van der Waals surface area contributed by atoms with Gasteiger partial charge >= 0.3 is 0 Å². The van der Waals surface area contributed by atoms with E-state index in [2.05, 4.69) is 77.4 Å². The molecule has 0 atom stereocenters.